The minimum absolute atomic E-state index is 0.160. The van der Waals surface area contributed by atoms with Crippen LogP contribution in [-0.2, 0) is 0 Å². The Kier molecular flexibility index (Phi) is 2.80. The molecule has 0 aromatic carbocycles. The molecule has 0 saturated heterocycles. The van der Waals surface area contributed by atoms with Gasteiger partial charge in [-0.2, -0.15) is 5.26 Å². The minimum atomic E-state index is -0.698. The van der Waals surface area contributed by atoms with Gasteiger partial charge in [-0.1, -0.05) is 11.6 Å². The van der Waals surface area contributed by atoms with E-state index in [0.29, 0.717) is 18.4 Å². The number of carbonyl (C=O) groups excluding carboxylic acids is 1. The summed E-state index contributed by atoms with van der Waals surface area (Å²) in [6, 6.07) is 5.37. The quantitative estimate of drug-likeness (QED) is 0.797. The maximum absolute atomic E-state index is 11.8. The Hall–Kier alpha value is -1.60. The van der Waals surface area contributed by atoms with Crippen LogP contribution in [0.25, 0.3) is 0 Å². The van der Waals surface area contributed by atoms with Gasteiger partial charge in [-0.25, -0.2) is 4.98 Å². The SMILES string of the molecule is N#CC1(NC(=O)c2cccnc2Cl)CCC1. The second-order valence-corrected chi connectivity index (χ2v) is 4.20. The van der Waals surface area contributed by atoms with Gasteiger partial charge in [0, 0.05) is 6.20 Å². The summed E-state index contributed by atoms with van der Waals surface area (Å²) in [5.74, 6) is -0.334. The van der Waals surface area contributed by atoms with Gasteiger partial charge in [-0.05, 0) is 31.4 Å². The highest BCUT2D eigenvalue weighted by Crippen LogP contribution is 2.31. The Morgan fingerprint density at radius 2 is 2.38 bits per heavy atom. The minimum Gasteiger partial charge on any atom is -0.334 e. The molecule has 2 rings (SSSR count). The van der Waals surface area contributed by atoms with E-state index in [0.717, 1.165) is 6.42 Å². The Morgan fingerprint density at radius 1 is 1.62 bits per heavy atom. The van der Waals surface area contributed by atoms with Crippen LogP contribution >= 0.6 is 11.6 Å². The number of nitriles is 1. The monoisotopic (exact) mass is 235 g/mol. The molecular weight excluding hydrogens is 226 g/mol. The van der Waals surface area contributed by atoms with E-state index in [9.17, 15) is 4.79 Å². The average Bonchev–Trinajstić information content (AvgIpc) is 2.24. The number of carbonyl (C=O) groups is 1. The molecule has 5 heteroatoms. The van der Waals surface area contributed by atoms with Gasteiger partial charge in [0.25, 0.3) is 5.91 Å². The van der Waals surface area contributed by atoms with Crippen LogP contribution in [0.3, 0.4) is 0 Å². The number of aromatic nitrogens is 1. The number of rotatable bonds is 2. The molecule has 1 aliphatic rings. The van der Waals surface area contributed by atoms with Gasteiger partial charge in [0.15, 0.2) is 0 Å². The van der Waals surface area contributed by atoms with E-state index >= 15 is 0 Å². The fourth-order valence-electron chi connectivity index (χ4n) is 1.64. The average molecular weight is 236 g/mol. The smallest absolute Gasteiger partial charge is 0.255 e. The van der Waals surface area contributed by atoms with Gasteiger partial charge in [0.05, 0.1) is 11.6 Å². The van der Waals surface area contributed by atoms with E-state index < -0.39 is 5.54 Å². The van der Waals surface area contributed by atoms with Crippen LogP contribution in [0.2, 0.25) is 5.15 Å². The predicted molar refractivity (Wildman–Crippen MR) is 58.9 cm³/mol. The van der Waals surface area contributed by atoms with Crippen molar-refractivity contribution in [2.75, 3.05) is 0 Å². The Balaban J connectivity index is 2.15. The van der Waals surface area contributed by atoms with E-state index in [-0.39, 0.29) is 11.1 Å². The highest BCUT2D eigenvalue weighted by Gasteiger charge is 2.39. The Labute approximate surface area is 98.2 Å². The summed E-state index contributed by atoms with van der Waals surface area (Å²) in [4.78, 5) is 15.7. The Bertz CT molecular complexity index is 463. The third-order valence-electron chi connectivity index (χ3n) is 2.78. The lowest BCUT2D eigenvalue weighted by Crippen LogP contribution is -2.52. The molecule has 16 heavy (non-hydrogen) atoms. The third-order valence-corrected chi connectivity index (χ3v) is 3.08. The van der Waals surface area contributed by atoms with Crippen LogP contribution in [0, 0.1) is 11.3 Å². The molecule has 1 heterocycles. The summed E-state index contributed by atoms with van der Waals surface area (Å²) in [7, 11) is 0. The van der Waals surface area contributed by atoms with Gasteiger partial charge in [-0.15, -0.1) is 0 Å². The van der Waals surface area contributed by atoms with Crippen molar-refractivity contribution in [2.24, 2.45) is 0 Å². The van der Waals surface area contributed by atoms with Crippen LogP contribution in [0.15, 0.2) is 18.3 Å². The van der Waals surface area contributed by atoms with E-state index in [4.69, 9.17) is 16.9 Å². The van der Waals surface area contributed by atoms with E-state index in [1.165, 1.54) is 6.20 Å². The van der Waals surface area contributed by atoms with Crippen LogP contribution in [-0.4, -0.2) is 16.4 Å². The lowest BCUT2D eigenvalue weighted by atomic mass is 9.78. The largest absolute Gasteiger partial charge is 0.334 e. The molecule has 0 aliphatic heterocycles. The second-order valence-electron chi connectivity index (χ2n) is 3.84. The van der Waals surface area contributed by atoms with Crippen molar-refractivity contribution in [1.29, 1.82) is 5.26 Å². The first-order valence-corrected chi connectivity index (χ1v) is 5.39. The fourth-order valence-corrected chi connectivity index (χ4v) is 1.84. The number of hydrogen-bond donors (Lipinski definition) is 1. The molecule has 1 fully saturated rings. The second kappa shape index (κ2) is 4.11. The number of nitrogens with one attached hydrogen (secondary N) is 1. The molecule has 1 aromatic rings. The van der Waals surface area contributed by atoms with Crippen molar-refractivity contribution >= 4 is 17.5 Å². The molecule has 1 N–H and O–H groups in total. The van der Waals surface area contributed by atoms with Gasteiger partial charge in [-0.3, -0.25) is 4.79 Å². The molecule has 0 bridgehead atoms. The molecule has 0 spiro atoms. The molecule has 0 radical (unpaired) electrons. The van der Waals surface area contributed by atoms with Crippen LogP contribution in [0.4, 0.5) is 0 Å². The van der Waals surface area contributed by atoms with Gasteiger partial charge < -0.3 is 5.32 Å². The van der Waals surface area contributed by atoms with E-state index in [2.05, 4.69) is 16.4 Å². The zero-order valence-corrected chi connectivity index (χ0v) is 9.29. The molecule has 4 nitrogen and oxygen atoms in total. The number of pyridine rings is 1. The maximum atomic E-state index is 11.8. The predicted octanol–water partition coefficient (Wildman–Crippen LogP) is 1.91. The molecule has 82 valence electrons. The zero-order valence-electron chi connectivity index (χ0n) is 8.53. The summed E-state index contributed by atoms with van der Waals surface area (Å²) in [6.07, 6.45) is 3.89. The molecule has 0 unspecified atom stereocenters. The van der Waals surface area contributed by atoms with Crippen LogP contribution in [0.5, 0.6) is 0 Å². The molecule has 0 atom stereocenters. The van der Waals surface area contributed by atoms with Crippen molar-refractivity contribution in [3.63, 3.8) is 0 Å². The molecule has 1 saturated carbocycles. The first kappa shape index (κ1) is 10.9. The van der Waals surface area contributed by atoms with Gasteiger partial charge in [0.1, 0.15) is 10.7 Å². The lowest BCUT2D eigenvalue weighted by molar-refractivity contribution is 0.0881. The highest BCUT2D eigenvalue weighted by molar-refractivity contribution is 6.32. The Morgan fingerprint density at radius 3 is 2.88 bits per heavy atom. The fraction of sp³-hybridized carbons (Fsp3) is 0.364. The summed E-state index contributed by atoms with van der Waals surface area (Å²) in [5, 5.41) is 11.9. The molecule has 1 aromatic heterocycles. The number of hydrogen-bond acceptors (Lipinski definition) is 3. The van der Waals surface area contributed by atoms with Crippen LogP contribution in [0.1, 0.15) is 29.6 Å². The van der Waals surface area contributed by atoms with E-state index in [1.54, 1.807) is 12.1 Å². The molecule has 1 amide bonds. The zero-order chi connectivity index (χ0) is 11.6. The first-order valence-electron chi connectivity index (χ1n) is 5.01. The van der Waals surface area contributed by atoms with Crippen molar-refractivity contribution in [3.05, 3.63) is 29.0 Å². The summed E-state index contributed by atoms with van der Waals surface area (Å²) < 4.78 is 0. The first-order chi connectivity index (χ1) is 7.67. The normalized spacial score (nSPS) is 17.0. The lowest BCUT2D eigenvalue weighted by Gasteiger charge is -2.35. The van der Waals surface area contributed by atoms with Crippen molar-refractivity contribution in [1.82, 2.24) is 10.3 Å². The molecule has 1 aliphatic carbocycles. The summed E-state index contributed by atoms with van der Waals surface area (Å²) in [5.41, 5.74) is -0.387. The number of nitrogens with zero attached hydrogens (tertiary/aromatic N) is 2. The highest BCUT2D eigenvalue weighted by atomic mass is 35.5. The van der Waals surface area contributed by atoms with Crippen LogP contribution < -0.4 is 5.32 Å². The number of halogens is 1. The maximum Gasteiger partial charge on any atom is 0.255 e. The van der Waals surface area contributed by atoms with Crippen molar-refractivity contribution in [2.45, 2.75) is 24.8 Å². The van der Waals surface area contributed by atoms with Crippen molar-refractivity contribution < 1.29 is 4.79 Å². The number of amides is 1. The van der Waals surface area contributed by atoms with Gasteiger partial charge >= 0.3 is 0 Å². The summed E-state index contributed by atoms with van der Waals surface area (Å²) in [6.45, 7) is 0. The summed E-state index contributed by atoms with van der Waals surface area (Å²) >= 11 is 5.80. The third kappa shape index (κ3) is 1.86. The molecular formula is C11H10ClN3O. The van der Waals surface area contributed by atoms with E-state index in [1.807, 2.05) is 0 Å². The standard InChI is InChI=1S/C11H10ClN3O/c12-9-8(3-1-6-14-9)10(16)15-11(7-13)4-2-5-11/h1,3,6H,2,4-5H2,(H,15,16). The van der Waals surface area contributed by atoms with Gasteiger partial charge in [0.2, 0.25) is 0 Å². The topological polar surface area (TPSA) is 65.8 Å². The van der Waals surface area contributed by atoms with Crippen molar-refractivity contribution in [3.8, 4) is 6.07 Å².